The van der Waals surface area contributed by atoms with Gasteiger partial charge in [-0.1, -0.05) is 0 Å². The minimum atomic E-state index is 0.676. The van der Waals surface area contributed by atoms with Crippen molar-refractivity contribution in [2.45, 2.75) is 41.5 Å². The first-order valence-electron chi connectivity index (χ1n) is 26.6. The molecule has 15 nitrogen and oxygen atoms in total. The molecule has 0 bridgehead atoms. The first-order valence-corrected chi connectivity index (χ1v) is 29.1. The summed E-state index contributed by atoms with van der Waals surface area (Å²) in [5, 5.41) is 11.5. The highest BCUT2D eigenvalue weighted by molar-refractivity contribution is 7.26. The third-order valence-corrected chi connectivity index (χ3v) is 16.9. The predicted octanol–water partition coefficient (Wildman–Crippen LogP) is 17.5. The molecule has 0 amide bonds. The second-order valence-corrected chi connectivity index (χ2v) is 22.9. The second kappa shape index (κ2) is 23.0. The van der Waals surface area contributed by atoms with E-state index in [1.165, 1.54) is 50.4 Å². The van der Waals surface area contributed by atoms with E-state index in [2.05, 4.69) is 96.2 Å². The molecule has 18 aromatic rings. The van der Waals surface area contributed by atoms with E-state index in [4.69, 9.17) is 13.3 Å². The van der Waals surface area contributed by atoms with Crippen LogP contribution in [-0.4, -0.2) is 59.8 Å². The first-order chi connectivity index (χ1) is 41.1. The molecule has 0 saturated carbocycles. The van der Waals surface area contributed by atoms with Gasteiger partial charge in [0.1, 0.15) is 15.9 Å². The number of thiophene rings is 3. The van der Waals surface area contributed by atoms with Gasteiger partial charge in [-0.15, -0.1) is 34.0 Å². The van der Waals surface area contributed by atoms with Crippen LogP contribution in [0.1, 0.15) is 34.2 Å². The molecule has 0 N–H and O–H groups in total. The summed E-state index contributed by atoms with van der Waals surface area (Å²) in [5.41, 5.74) is 12.9. The Morgan fingerprint density at radius 1 is 0.274 bits per heavy atom. The van der Waals surface area contributed by atoms with Crippen LogP contribution in [0, 0.1) is 41.5 Å². The maximum Gasteiger partial charge on any atom is 0.227 e. The molecule has 0 radical (unpaired) electrons. The minimum absolute atomic E-state index is 0.676. The van der Waals surface area contributed by atoms with Gasteiger partial charge in [-0.05, 0) is 133 Å². The van der Waals surface area contributed by atoms with Crippen molar-refractivity contribution in [3.05, 3.63) is 218 Å². The van der Waals surface area contributed by atoms with Crippen LogP contribution in [0.5, 0.6) is 0 Å². The van der Waals surface area contributed by atoms with Gasteiger partial charge in [-0.2, -0.15) is 0 Å². The molecule has 18 heterocycles. The molecule has 408 valence electrons. The molecule has 84 heavy (non-hydrogen) atoms. The van der Waals surface area contributed by atoms with Crippen molar-refractivity contribution in [1.29, 1.82) is 0 Å². The highest BCUT2D eigenvalue weighted by Gasteiger charge is 2.11. The monoisotopic (exact) mass is 1150 g/mol. The molecule has 18 rings (SSSR count). The summed E-state index contributed by atoms with van der Waals surface area (Å²) in [5.74, 6) is 0. The van der Waals surface area contributed by atoms with Crippen LogP contribution in [0.25, 0.3) is 127 Å². The smallest absolute Gasteiger partial charge is 0.227 e. The fourth-order valence-electron chi connectivity index (χ4n) is 9.70. The fraction of sp³-hybridized carbons (Fsp3) is 0.0909. The van der Waals surface area contributed by atoms with E-state index in [1.807, 2.05) is 152 Å². The summed E-state index contributed by atoms with van der Waals surface area (Å²) in [6.07, 6.45) is 25.5. The molecule has 0 spiro atoms. The van der Waals surface area contributed by atoms with E-state index >= 15 is 0 Å². The topological polar surface area (TPSA) is 194 Å². The van der Waals surface area contributed by atoms with Crippen molar-refractivity contribution in [2.75, 3.05) is 0 Å². The molecule has 18 heteroatoms. The van der Waals surface area contributed by atoms with Crippen molar-refractivity contribution >= 4 is 161 Å². The van der Waals surface area contributed by atoms with Gasteiger partial charge in [0.05, 0.1) is 48.3 Å². The Morgan fingerprint density at radius 3 is 1.61 bits per heavy atom. The van der Waals surface area contributed by atoms with Gasteiger partial charge in [0.15, 0.2) is 22.3 Å². The quantitative estimate of drug-likeness (QED) is 0.139. The summed E-state index contributed by atoms with van der Waals surface area (Å²) in [6.45, 7) is 11.9. The molecule has 0 unspecified atom stereocenters. The van der Waals surface area contributed by atoms with Gasteiger partial charge in [-0.25, -0.2) is 9.97 Å². The molecule has 0 atom stereocenters. The molecular formula is C66H48N12O3S3. The van der Waals surface area contributed by atoms with Crippen molar-refractivity contribution < 1.29 is 13.3 Å². The second-order valence-electron chi connectivity index (χ2n) is 19.7. The molecule has 0 aliphatic heterocycles. The number of pyridine rings is 12. The van der Waals surface area contributed by atoms with E-state index in [-0.39, 0.29) is 0 Å². The van der Waals surface area contributed by atoms with Gasteiger partial charge in [0.2, 0.25) is 5.71 Å². The molecule has 0 aromatic carbocycles. The van der Waals surface area contributed by atoms with Gasteiger partial charge >= 0.3 is 0 Å². The predicted molar refractivity (Wildman–Crippen MR) is 341 cm³/mol. The van der Waals surface area contributed by atoms with Crippen molar-refractivity contribution in [2.24, 2.45) is 0 Å². The van der Waals surface area contributed by atoms with Crippen LogP contribution in [0.3, 0.4) is 0 Å². The molecule has 0 aliphatic carbocycles. The van der Waals surface area contributed by atoms with E-state index < -0.39 is 0 Å². The van der Waals surface area contributed by atoms with E-state index in [9.17, 15) is 0 Å². The summed E-state index contributed by atoms with van der Waals surface area (Å²) in [6, 6.07) is 32.1. The first kappa shape index (κ1) is 53.2. The Kier molecular flexibility index (Phi) is 14.6. The van der Waals surface area contributed by atoms with Crippen LogP contribution in [0.2, 0.25) is 0 Å². The number of hydrogen-bond acceptors (Lipinski definition) is 18. The Morgan fingerprint density at radius 2 is 0.810 bits per heavy atom. The molecule has 0 saturated heterocycles. The summed E-state index contributed by atoms with van der Waals surface area (Å²) >= 11 is 5.22. The third kappa shape index (κ3) is 10.9. The summed E-state index contributed by atoms with van der Waals surface area (Å²) < 4.78 is 22.9. The van der Waals surface area contributed by atoms with Crippen molar-refractivity contribution in [3.8, 4) is 0 Å². The van der Waals surface area contributed by atoms with Crippen LogP contribution < -0.4 is 0 Å². The minimum Gasteiger partial charge on any atom is -0.453 e. The van der Waals surface area contributed by atoms with Crippen molar-refractivity contribution in [1.82, 2.24) is 59.8 Å². The maximum atomic E-state index is 5.58. The molecule has 0 aliphatic rings. The molecular weight excluding hydrogens is 1110 g/mol. The number of aromatic nitrogens is 12. The fourth-order valence-corrected chi connectivity index (χ4v) is 12.9. The number of aryl methyl sites for hydroxylation is 6. The number of rotatable bonds is 0. The van der Waals surface area contributed by atoms with E-state index in [0.717, 1.165) is 105 Å². The number of fused-ring (bicyclic) bond motifs is 18. The lowest BCUT2D eigenvalue weighted by Gasteiger charge is -1.92. The zero-order valence-corrected chi connectivity index (χ0v) is 48.6. The van der Waals surface area contributed by atoms with Crippen LogP contribution in [0.15, 0.2) is 197 Å². The third-order valence-electron chi connectivity index (χ3n) is 13.6. The highest BCUT2D eigenvalue weighted by atomic mass is 32.1. The Labute approximate surface area is 490 Å². The van der Waals surface area contributed by atoms with Crippen LogP contribution in [0.4, 0.5) is 0 Å². The standard InChI is InChI=1S/3C11H8N2O.3C11H8N2S/c1-7-4-9-8-2-3-12-5-10(8)14-11(9)6-13-7;1-7-5-8-10(6-13-7)14-9-3-2-4-12-11(8)9;1-7-5-10-9(6-13-7)8-3-2-4-12-11(8)14-10;1-7-4-9-8-2-3-12-5-10(8)14-11(9)6-13-7;1-7-5-8-10(6-13-7)14-9-3-2-4-12-11(8)9;1-7-5-10-9(6-13-7)8-3-2-4-12-11(8)14-10/h6*2-6H,1H3. The van der Waals surface area contributed by atoms with E-state index in [1.54, 1.807) is 71.2 Å². The lowest BCUT2D eigenvalue weighted by Crippen LogP contribution is -1.78. The largest absolute Gasteiger partial charge is 0.453 e. The number of furan rings is 3. The lowest BCUT2D eigenvalue weighted by molar-refractivity contribution is 0.653. The highest BCUT2D eigenvalue weighted by Crippen LogP contribution is 2.35. The van der Waals surface area contributed by atoms with Crippen molar-refractivity contribution in [3.63, 3.8) is 0 Å². The lowest BCUT2D eigenvalue weighted by atomic mass is 10.2. The van der Waals surface area contributed by atoms with Gasteiger partial charge in [-0.3, -0.25) is 49.8 Å². The maximum absolute atomic E-state index is 5.58. The Bertz CT molecular complexity index is 4840. The van der Waals surface area contributed by atoms with Crippen LogP contribution in [-0.2, 0) is 0 Å². The summed E-state index contributed by atoms with van der Waals surface area (Å²) in [7, 11) is 0. The summed E-state index contributed by atoms with van der Waals surface area (Å²) in [4.78, 5) is 51.9. The average Bonchev–Trinajstić information content (AvgIpc) is 4.59. The average molecular weight is 1150 g/mol. The van der Waals surface area contributed by atoms with Crippen LogP contribution >= 0.6 is 34.0 Å². The number of nitrogens with zero attached hydrogens (tertiary/aromatic N) is 12. The van der Waals surface area contributed by atoms with Gasteiger partial charge in [0, 0.05) is 162 Å². The van der Waals surface area contributed by atoms with Gasteiger partial charge in [0.25, 0.3) is 0 Å². The molecule has 18 aromatic heterocycles. The Balaban J connectivity index is 0.0000000940. The Hall–Kier alpha value is -10.1. The zero-order chi connectivity index (χ0) is 57.3. The normalized spacial score (nSPS) is 11.2. The molecule has 0 fully saturated rings. The number of hydrogen-bond donors (Lipinski definition) is 0. The van der Waals surface area contributed by atoms with Gasteiger partial charge < -0.3 is 13.3 Å². The van der Waals surface area contributed by atoms with E-state index in [0.29, 0.717) is 5.71 Å². The SMILES string of the molecule is Cc1cc2c(cn1)oc1cccnc12.Cc1cc2c(cn1)oc1cnccc12.Cc1cc2c(cn1)sc1cccnc12.Cc1cc2c(cn1)sc1cnccc12.Cc1cc2oc3ncccc3c2cn1.Cc1cc2sc3ncccc3c2cn1. The zero-order valence-electron chi connectivity index (χ0n) is 46.1.